The third kappa shape index (κ3) is 3.32. The predicted molar refractivity (Wildman–Crippen MR) is 106 cm³/mol. The zero-order chi connectivity index (χ0) is 18.9. The smallest absolute Gasteiger partial charge is 0.318 e. The van der Waals surface area contributed by atoms with Crippen LogP contribution in [0.4, 0.5) is 4.79 Å². The molecule has 2 amide bonds. The van der Waals surface area contributed by atoms with Gasteiger partial charge in [0, 0.05) is 31.0 Å². The Morgan fingerprint density at radius 1 is 1.04 bits per heavy atom. The second-order valence-electron chi connectivity index (χ2n) is 8.21. The highest BCUT2D eigenvalue weighted by atomic mass is 16.2. The fourth-order valence-corrected chi connectivity index (χ4v) is 4.79. The molecule has 1 aromatic carbocycles. The number of hydrogen-bond donors (Lipinski definition) is 1. The number of benzene rings is 1. The van der Waals surface area contributed by atoms with E-state index in [0.717, 1.165) is 37.8 Å². The van der Waals surface area contributed by atoms with Gasteiger partial charge in [0.15, 0.2) is 0 Å². The lowest BCUT2D eigenvalue weighted by molar-refractivity contribution is 0.0617. The number of carbonyl (C=O) groups is 1. The first-order valence-corrected chi connectivity index (χ1v) is 9.72. The molecule has 2 aromatic rings. The second-order valence-corrected chi connectivity index (χ2v) is 8.21. The standard InChI is InChI=1S/C22H28N4O/c1-25(2)22(19-6-4-3-5-7-19)12-10-21(11-13-22)17-26(20(27)24-21)16-18-8-14-23-15-9-18/h3-9,14-15H,10-13,16-17H2,1-2H3,(H,24,27)/t21-,22+. The maximum absolute atomic E-state index is 12.6. The van der Waals surface area contributed by atoms with E-state index >= 15 is 0 Å². The quantitative estimate of drug-likeness (QED) is 0.905. The average Bonchev–Trinajstić information content (AvgIpc) is 2.99. The van der Waals surface area contributed by atoms with Crippen molar-refractivity contribution in [3.8, 4) is 0 Å². The Balaban J connectivity index is 1.49. The number of urea groups is 1. The van der Waals surface area contributed by atoms with Crippen molar-refractivity contribution in [3.05, 3.63) is 66.0 Å². The molecule has 5 nitrogen and oxygen atoms in total. The van der Waals surface area contributed by atoms with E-state index in [9.17, 15) is 4.79 Å². The fourth-order valence-electron chi connectivity index (χ4n) is 4.79. The van der Waals surface area contributed by atoms with Gasteiger partial charge in [0.05, 0.1) is 5.54 Å². The van der Waals surface area contributed by atoms with Crippen LogP contribution in [0.5, 0.6) is 0 Å². The van der Waals surface area contributed by atoms with Crippen LogP contribution in [-0.2, 0) is 12.1 Å². The van der Waals surface area contributed by atoms with Gasteiger partial charge in [0.2, 0.25) is 0 Å². The lowest BCUT2D eigenvalue weighted by Crippen LogP contribution is -2.54. The molecule has 1 aliphatic carbocycles. The van der Waals surface area contributed by atoms with Crippen LogP contribution in [0, 0.1) is 0 Å². The molecule has 1 N–H and O–H groups in total. The molecular weight excluding hydrogens is 336 g/mol. The molecule has 5 heteroatoms. The van der Waals surface area contributed by atoms with Crippen LogP contribution in [0.25, 0.3) is 0 Å². The van der Waals surface area contributed by atoms with E-state index in [1.807, 2.05) is 17.0 Å². The van der Waals surface area contributed by atoms with Crippen LogP contribution < -0.4 is 5.32 Å². The summed E-state index contributed by atoms with van der Waals surface area (Å²) in [7, 11) is 4.35. The Labute approximate surface area is 161 Å². The number of amides is 2. The molecule has 1 aromatic heterocycles. The van der Waals surface area contributed by atoms with E-state index in [-0.39, 0.29) is 17.1 Å². The summed E-state index contributed by atoms with van der Waals surface area (Å²) in [6, 6.07) is 14.8. The van der Waals surface area contributed by atoms with E-state index < -0.39 is 0 Å². The third-order valence-corrected chi connectivity index (χ3v) is 6.48. The normalized spacial score (nSPS) is 28.0. The minimum absolute atomic E-state index is 0.0513. The molecule has 0 radical (unpaired) electrons. The number of aromatic nitrogens is 1. The van der Waals surface area contributed by atoms with Gasteiger partial charge in [-0.05, 0) is 63.0 Å². The molecule has 0 atom stereocenters. The molecular formula is C22H28N4O. The third-order valence-electron chi connectivity index (χ3n) is 6.48. The highest BCUT2D eigenvalue weighted by Crippen LogP contribution is 2.46. The van der Waals surface area contributed by atoms with Crippen molar-refractivity contribution in [2.75, 3.05) is 20.6 Å². The molecule has 142 valence electrons. The van der Waals surface area contributed by atoms with Gasteiger partial charge in [-0.1, -0.05) is 30.3 Å². The number of nitrogens with zero attached hydrogens (tertiary/aromatic N) is 3. The van der Waals surface area contributed by atoms with Crippen LogP contribution in [-0.4, -0.2) is 47.0 Å². The van der Waals surface area contributed by atoms with Crippen LogP contribution in [0.15, 0.2) is 54.9 Å². The van der Waals surface area contributed by atoms with E-state index in [4.69, 9.17) is 0 Å². The van der Waals surface area contributed by atoms with Gasteiger partial charge in [0.1, 0.15) is 0 Å². The lowest BCUT2D eigenvalue weighted by atomic mass is 9.69. The first kappa shape index (κ1) is 18.0. The number of rotatable bonds is 4. The van der Waals surface area contributed by atoms with Crippen molar-refractivity contribution in [1.82, 2.24) is 20.1 Å². The summed E-state index contributed by atoms with van der Waals surface area (Å²) < 4.78 is 0. The Morgan fingerprint density at radius 2 is 1.70 bits per heavy atom. The van der Waals surface area contributed by atoms with Crippen LogP contribution in [0.2, 0.25) is 0 Å². The maximum Gasteiger partial charge on any atom is 0.318 e. The largest absolute Gasteiger partial charge is 0.331 e. The second kappa shape index (κ2) is 6.97. The lowest BCUT2D eigenvalue weighted by Gasteiger charge is -2.48. The van der Waals surface area contributed by atoms with E-state index in [1.54, 1.807) is 12.4 Å². The van der Waals surface area contributed by atoms with Gasteiger partial charge >= 0.3 is 6.03 Å². The fraction of sp³-hybridized carbons (Fsp3) is 0.455. The summed E-state index contributed by atoms with van der Waals surface area (Å²) in [5, 5.41) is 3.32. The zero-order valence-electron chi connectivity index (χ0n) is 16.2. The molecule has 1 spiro atoms. The Kier molecular flexibility index (Phi) is 4.64. The molecule has 0 bridgehead atoms. The molecule has 1 saturated heterocycles. The average molecular weight is 364 g/mol. The van der Waals surface area contributed by atoms with Crippen molar-refractivity contribution in [3.63, 3.8) is 0 Å². The first-order chi connectivity index (χ1) is 13.0. The van der Waals surface area contributed by atoms with E-state index in [2.05, 4.69) is 59.6 Å². The summed E-state index contributed by atoms with van der Waals surface area (Å²) >= 11 is 0. The Morgan fingerprint density at radius 3 is 2.33 bits per heavy atom. The van der Waals surface area contributed by atoms with Crippen LogP contribution in [0.3, 0.4) is 0 Å². The number of hydrogen-bond acceptors (Lipinski definition) is 3. The zero-order valence-corrected chi connectivity index (χ0v) is 16.2. The highest BCUT2D eigenvalue weighted by molar-refractivity contribution is 5.78. The number of pyridine rings is 1. The van der Waals surface area contributed by atoms with Crippen molar-refractivity contribution in [2.45, 2.75) is 43.3 Å². The topological polar surface area (TPSA) is 48.5 Å². The molecule has 2 fully saturated rings. The molecule has 1 saturated carbocycles. The number of carbonyl (C=O) groups excluding carboxylic acids is 1. The van der Waals surface area contributed by atoms with E-state index in [0.29, 0.717) is 6.54 Å². The summed E-state index contributed by atoms with van der Waals surface area (Å²) in [6.07, 6.45) is 7.66. The molecule has 27 heavy (non-hydrogen) atoms. The van der Waals surface area contributed by atoms with Crippen molar-refractivity contribution in [2.24, 2.45) is 0 Å². The van der Waals surface area contributed by atoms with Gasteiger partial charge < -0.3 is 10.2 Å². The molecule has 1 aliphatic heterocycles. The van der Waals surface area contributed by atoms with Gasteiger partial charge in [-0.2, -0.15) is 0 Å². The van der Waals surface area contributed by atoms with Crippen LogP contribution in [0.1, 0.15) is 36.8 Å². The monoisotopic (exact) mass is 364 g/mol. The van der Waals surface area contributed by atoms with Crippen molar-refractivity contribution in [1.29, 1.82) is 0 Å². The van der Waals surface area contributed by atoms with Gasteiger partial charge in [-0.15, -0.1) is 0 Å². The van der Waals surface area contributed by atoms with E-state index in [1.165, 1.54) is 5.56 Å². The Bertz CT molecular complexity index is 782. The van der Waals surface area contributed by atoms with Crippen molar-refractivity contribution >= 4 is 6.03 Å². The minimum atomic E-state index is -0.0988. The molecule has 2 heterocycles. The highest BCUT2D eigenvalue weighted by Gasteiger charge is 2.49. The predicted octanol–water partition coefficient (Wildman–Crippen LogP) is 3.38. The molecule has 4 rings (SSSR count). The minimum Gasteiger partial charge on any atom is -0.331 e. The summed E-state index contributed by atoms with van der Waals surface area (Å²) in [5.74, 6) is 0. The van der Waals surface area contributed by atoms with Gasteiger partial charge in [-0.25, -0.2) is 4.79 Å². The molecule has 0 unspecified atom stereocenters. The van der Waals surface area contributed by atoms with Crippen LogP contribution >= 0.6 is 0 Å². The number of nitrogens with one attached hydrogen (secondary N) is 1. The van der Waals surface area contributed by atoms with Gasteiger partial charge in [-0.3, -0.25) is 9.88 Å². The van der Waals surface area contributed by atoms with Crippen molar-refractivity contribution < 1.29 is 4.79 Å². The first-order valence-electron chi connectivity index (χ1n) is 9.72. The summed E-state index contributed by atoms with van der Waals surface area (Å²) in [6.45, 7) is 1.43. The summed E-state index contributed by atoms with van der Waals surface area (Å²) in [4.78, 5) is 21.0. The maximum atomic E-state index is 12.6. The summed E-state index contributed by atoms with van der Waals surface area (Å²) in [5.41, 5.74) is 2.46. The van der Waals surface area contributed by atoms with Gasteiger partial charge in [0.25, 0.3) is 0 Å². The SMILES string of the molecule is CN(C)[C@]1(c2ccccc2)CC[C@]2(CC1)CN(Cc1ccncc1)C(=O)N2. The molecule has 2 aliphatic rings. The Hall–Kier alpha value is -2.40.